The molecule has 22 heteroatoms. The second-order valence-corrected chi connectivity index (χ2v) is 36.5. The molecule has 0 unspecified atom stereocenters. The van der Waals surface area contributed by atoms with Crippen molar-refractivity contribution in [3.8, 4) is 33.0 Å². The van der Waals surface area contributed by atoms with Crippen molar-refractivity contribution in [2.45, 2.75) is 106 Å². The molecule has 0 saturated heterocycles. The Bertz CT molecular complexity index is 3930. The number of nitrogens with one attached hydrogen (secondary N) is 2. The number of unbranched alkanes of at least 4 members (excludes halogenated alkanes) is 3. The van der Waals surface area contributed by atoms with Gasteiger partial charge in [0.1, 0.15) is 11.6 Å². The van der Waals surface area contributed by atoms with Crippen molar-refractivity contribution in [3.05, 3.63) is 179 Å². The van der Waals surface area contributed by atoms with Crippen LogP contribution in [0.3, 0.4) is 0 Å². The van der Waals surface area contributed by atoms with Gasteiger partial charge in [0.15, 0.2) is 0 Å². The molecule has 6 aromatic heterocycles. The fourth-order valence-electron chi connectivity index (χ4n) is 10.1. The van der Waals surface area contributed by atoms with E-state index in [4.69, 9.17) is 49.1 Å². The van der Waals surface area contributed by atoms with Gasteiger partial charge in [0, 0.05) is 40.5 Å². The van der Waals surface area contributed by atoms with E-state index in [2.05, 4.69) is 77.6 Å². The van der Waals surface area contributed by atoms with Crippen LogP contribution in [-0.4, -0.2) is 71.6 Å². The maximum Gasteiger partial charge on any atom is 0.273 e. The first kappa shape index (κ1) is 65.9. The van der Waals surface area contributed by atoms with Gasteiger partial charge < -0.3 is 26.8 Å². The maximum atomic E-state index is 13.7. The van der Waals surface area contributed by atoms with E-state index in [1.54, 1.807) is 59.2 Å². The molecule has 0 spiro atoms. The van der Waals surface area contributed by atoms with Crippen molar-refractivity contribution in [1.29, 1.82) is 0 Å². The van der Waals surface area contributed by atoms with Gasteiger partial charge >= 0.3 is 133 Å². The summed E-state index contributed by atoms with van der Waals surface area (Å²) in [5.41, 5.74) is 15.6. The van der Waals surface area contributed by atoms with Crippen molar-refractivity contribution in [2.75, 3.05) is 36.3 Å². The Labute approximate surface area is 527 Å². The zero-order chi connectivity index (χ0) is 59.9. The summed E-state index contributed by atoms with van der Waals surface area (Å²) in [7, 11) is 3.31. The van der Waals surface area contributed by atoms with E-state index >= 15 is 0 Å². The molecule has 6 heterocycles. The fourth-order valence-corrected chi connectivity index (χ4v) is 29.3. The molecule has 0 aliphatic heterocycles. The van der Waals surface area contributed by atoms with E-state index in [1.165, 1.54) is 66.9 Å². The average molecular weight is 1400 g/mol. The van der Waals surface area contributed by atoms with Crippen LogP contribution in [0.4, 0.5) is 23.5 Å². The molecule has 10 rings (SSSR count). The molecule has 0 aliphatic rings. The van der Waals surface area contributed by atoms with Crippen LogP contribution >= 0.6 is 61.8 Å². The quantitative estimate of drug-likeness (QED) is 0.0493. The molecule has 10 aromatic rings. The number of hydrogen-bond donors (Lipinski definition) is 4. The number of nitrogen functional groups attached to an aromatic ring is 2. The summed E-state index contributed by atoms with van der Waals surface area (Å²) in [6.45, 7) is 10.9. The third kappa shape index (κ3) is 15.9. The second kappa shape index (κ2) is 31.2. The minimum atomic E-state index is -2.28. The smallest absolute Gasteiger partial charge is 0.273 e. The normalized spacial score (nSPS) is 11.8. The van der Waals surface area contributed by atoms with Gasteiger partial charge in [0.05, 0.1) is 55.7 Å². The Morgan fingerprint density at radius 2 is 1.06 bits per heavy atom. The number of benzene rings is 4. The molecule has 16 nitrogen and oxygen atoms in total. The van der Waals surface area contributed by atoms with Crippen LogP contribution in [0.15, 0.2) is 146 Å². The van der Waals surface area contributed by atoms with Gasteiger partial charge in [-0.2, -0.15) is 9.97 Å². The largest absolute Gasteiger partial charge is 0.473 e. The number of thiazole rings is 2. The van der Waals surface area contributed by atoms with Crippen LogP contribution < -0.4 is 46.4 Å². The summed E-state index contributed by atoms with van der Waals surface area (Å²) < 4.78 is 20.5. The number of para-hydroxylation sites is 2. The van der Waals surface area contributed by atoms with Crippen LogP contribution in [0.5, 0.6) is 10.4 Å². The summed E-state index contributed by atoms with van der Waals surface area (Å²) in [5, 5.41) is 15.6. The molecule has 2 atom stereocenters. The number of hydrogen-bond acceptors (Lipinski definition) is 16. The first-order chi connectivity index (χ1) is 40.6. The Morgan fingerprint density at radius 1 is 0.612 bits per heavy atom. The topological polar surface area (TPSA) is 216 Å². The van der Waals surface area contributed by atoms with Crippen LogP contribution in [0.2, 0.25) is 23.4 Å². The SMILES string of the molecule is C.CCC[CH2][Sn]([CH2]CCC)([CH2]CCC)[c]1csc(OC)n1.COc1nc(-c2cnc(N)nc2N[C@@H](C)c2cc3cccc(Cl)c3c(=O)n2-c2ccccc2)cs1.C[C@H](Nc1nc(N)ncc1Br)c1cc2cccc(Cl)c2c(=O)n1-c1ccccc1. The monoisotopic (exact) mass is 1390 g/mol. The van der Waals surface area contributed by atoms with Crippen molar-refractivity contribution < 1.29 is 9.47 Å². The van der Waals surface area contributed by atoms with Crippen LogP contribution in [0, 0.1) is 0 Å². The van der Waals surface area contributed by atoms with Crippen molar-refractivity contribution >= 4 is 129 Å². The molecule has 0 saturated carbocycles. The van der Waals surface area contributed by atoms with E-state index in [1.807, 2.05) is 116 Å². The molecule has 85 heavy (non-hydrogen) atoms. The van der Waals surface area contributed by atoms with Crippen molar-refractivity contribution in [1.82, 2.24) is 39.0 Å². The average Bonchev–Trinajstić information content (AvgIpc) is 2.75. The Balaban J connectivity index is 0.000000189. The standard InChI is InChI=1S/C25H21ClN6O2S.C21H17BrClN5O.C4H4NOS.3C4H9.CH4.Sn/c1-14(29-22-17(12-28-24(27)31-22)19-13-35-25(30-19)34-2)20-11-15-7-6-10-18(26)21(15)23(33)32(20)16-8-4-3-5-9-16;1-12(26-19-15(22)11-25-21(24)27-19)17-10-13-6-5-9-16(23)18(13)20(29)28(17)14-7-3-2-4-8-14;1-6-4-5-2-3-7-4;3*1-3-4-2;;/h3-14H,1-2H3,(H3,27,28,29,31);2-12H,1H3,(H3,24,25,26,27);3H,1H3;3*1,3-4H2,2H3;1H4;/t14-;12-;;;;;;/m00....../s1. The van der Waals surface area contributed by atoms with Crippen LogP contribution in [-0.2, 0) is 0 Å². The van der Waals surface area contributed by atoms with Crippen molar-refractivity contribution in [2.24, 2.45) is 0 Å². The minimum absolute atomic E-state index is 0. The van der Waals surface area contributed by atoms with E-state index in [0.29, 0.717) is 53.4 Å². The van der Waals surface area contributed by atoms with Crippen LogP contribution in [0.25, 0.3) is 44.2 Å². The molecule has 6 N–H and O–H groups in total. The second-order valence-electron chi connectivity index (χ2n) is 20.1. The van der Waals surface area contributed by atoms with E-state index < -0.39 is 18.4 Å². The third-order valence-electron chi connectivity index (χ3n) is 14.4. The first-order valence-corrected chi connectivity index (χ1v) is 38.7. The van der Waals surface area contributed by atoms with Gasteiger partial charge in [-0.05, 0) is 89.1 Å². The summed E-state index contributed by atoms with van der Waals surface area (Å²) in [6.07, 6.45) is 11.3. The number of nitrogens with two attached hydrogens (primary N) is 2. The molecule has 0 radical (unpaired) electrons. The zero-order valence-electron chi connectivity index (χ0n) is 48.0. The predicted molar refractivity (Wildman–Crippen MR) is 361 cm³/mol. The predicted octanol–water partition coefficient (Wildman–Crippen LogP) is 16.1. The fraction of sp³-hybridized carbons (Fsp3) is 0.302. The molecule has 0 fully saturated rings. The number of halogens is 3. The Morgan fingerprint density at radius 3 is 1.52 bits per heavy atom. The van der Waals surface area contributed by atoms with Gasteiger partial charge in [-0.3, -0.25) is 18.7 Å². The Hall–Kier alpha value is -6.62. The van der Waals surface area contributed by atoms with Gasteiger partial charge in [0.2, 0.25) is 11.9 Å². The van der Waals surface area contributed by atoms with E-state index in [0.717, 1.165) is 38.7 Å². The molecular formula is C63H73BrCl2N12O4S2Sn. The number of nitrogens with zero attached hydrogens (tertiary/aromatic N) is 8. The third-order valence-corrected chi connectivity index (χ3v) is 32.9. The van der Waals surface area contributed by atoms with E-state index in [-0.39, 0.29) is 42.5 Å². The number of pyridine rings is 2. The zero-order valence-corrected chi connectivity index (χ0v) is 55.6. The van der Waals surface area contributed by atoms with Crippen LogP contribution in [0.1, 0.15) is 104 Å². The summed E-state index contributed by atoms with van der Waals surface area (Å²) in [6, 6.07) is 33.1. The number of rotatable bonds is 21. The minimum Gasteiger partial charge on any atom is -0.473 e. The van der Waals surface area contributed by atoms with Gasteiger partial charge in [0.25, 0.3) is 16.3 Å². The number of fused-ring (bicyclic) bond motifs is 2. The van der Waals surface area contributed by atoms with Gasteiger partial charge in [-0.1, -0.05) is 103 Å². The Kier molecular flexibility index (Phi) is 24.2. The molecule has 4 aromatic carbocycles. The number of anilines is 4. The van der Waals surface area contributed by atoms with Gasteiger partial charge in [-0.25, -0.2) is 15.0 Å². The summed E-state index contributed by atoms with van der Waals surface area (Å²) in [4.78, 5) is 53.2. The molecule has 446 valence electrons. The van der Waals surface area contributed by atoms with E-state index in [9.17, 15) is 9.59 Å². The number of ether oxygens (including phenoxy) is 2. The molecule has 0 bridgehead atoms. The molecule has 0 aliphatic carbocycles. The first-order valence-electron chi connectivity index (χ1n) is 27.9. The summed E-state index contributed by atoms with van der Waals surface area (Å²) in [5.74, 6) is 1.32. The molecular weight excluding hydrogens is 1320 g/mol. The number of methoxy groups -OCH3 is 2. The van der Waals surface area contributed by atoms with Gasteiger partial charge in [-0.15, -0.1) is 0 Å². The maximum absolute atomic E-state index is 13.7. The number of aromatic nitrogens is 8. The summed E-state index contributed by atoms with van der Waals surface area (Å²) >= 11 is 17.0. The van der Waals surface area contributed by atoms with Crippen molar-refractivity contribution in [3.63, 3.8) is 0 Å². The molecule has 0 amide bonds.